The second-order valence-corrected chi connectivity index (χ2v) is 6.13. The van der Waals surface area contributed by atoms with Crippen molar-refractivity contribution in [3.63, 3.8) is 0 Å². The first kappa shape index (κ1) is 14.3. The summed E-state index contributed by atoms with van der Waals surface area (Å²) in [5.74, 6) is 0.561. The molecule has 7 heteroatoms. The lowest BCUT2D eigenvalue weighted by Crippen LogP contribution is -2.28. The van der Waals surface area contributed by atoms with Crippen LogP contribution in [0.15, 0.2) is 0 Å². The molecule has 1 N–H and O–H groups in total. The fraction of sp³-hybridized carbons (Fsp3) is 0.786. The van der Waals surface area contributed by atoms with Crippen molar-refractivity contribution in [2.45, 2.75) is 51.1 Å². The summed E-state index contributed by atoms with van der Waals surface area (Å²) >= 11 is 0. The van der Waals surface area contributed by atoms with E-state index in [4.69, 9.17) is 0 Å². The van der Waals surface area contributed by atoms with Gasteiger partial charge in [0, 0.05) is 32.2 Å². The van der Waals surface area contributed by atoms with Crippen LogP contribution in [0.4, 0.5) is 11.5 Å². The Morgan fingerprint density at radius 1 is 1.43 bits per heavy atom. The minimum atomic E-state index is -0.298. The summed E-state index contributed by atoms with van der Waals surface area (Å²) in [4.78, 5) is 13.6. The van der Waals surface area contributed by atoms with E-state index in [0.717, 1.165) is 32.0 Å². The average molecular weight is 293 g/mol. The topological polar surface area (TPSA) is 76.2 Å². The van der Waals surface area contributed by atoms with Gasteiger partial charge in [0.15, 0.2) is 0 Å². The van der Waals surface area contributed by atoms with Gasteiger partial charge in [0.2, 0.25) is 5.82 Å². The van der Waals surface area contributed by atoms with E-state index in [-0.39, 0.29) is 16.7 Å². The molecular weight excluding hydrogens is 270 g/mol. The number of rotatable bonds is 6. The first-order valence-corrected chi connectivity index (χ1v) is 7.81. The standard InChI is InChI=1S/C14H23N5O2/c1-3-4-12-13(19(20)21)14(17(2)16-12)15-10-7-8-18(9-10)11-5-6-11/h10-11,15H,3-9H2,1-2H3. The zero-order valence-corrected chi connectivity index (χ0v) is 12.7. The van der Waals surface area contributed by atoms with Gasteiger partial charge in [-0.05, 0) is 25.7 Å². The van der Waals surface area contributed by atoms with Crippen molar-refractivity contribution < 1.29 is 4.92 Å². The predicted molar refractivity (Wildman–Crippen MR) is 80.5 cm³/mol. The van der Waals surface area contributed by atoms with Crippen molar-refractivity contribution in [2.75, 3.05) is 18.4 Å². The number of nitrogens with one attached hydrogen (secondary N) is 1. The molecule has 116 valence electrons. The van der Waals surface area contributed by atoms with Crippen molar-refractivity contribution in [1.82, 2.24) is 14.7 Å². The molecular formula is C14H23N5O2. The summed E-state index contributed by atoms with van der Waals surface area (Å²) in [5.41, 5.74) is 0.744. The quantitative estimate of drug-likeness (QED) is 0.640. The van der Waals surface area contributed by atoms with Crippen LogP contribution in [-0.2, 0) is 13.5 Å². The highest BCUT2D eigenvalue weighted by Gasteiger charge is 2.36. The number of aromatic nitrogens is 2. The SMILES string of the molecule is CCCc1nn(C)c(NC2CCN(C3CC3)C2)c1[N+](=O)[O-]. The molecule has 2 fully saturated rings. The highest BCUT2D eigenvalue weighted by Crippen LogP contribution is 2.33. The van der Waals surface area contributed by atoms with E-state index in [1.807, 2.05) is 6.92 Å². The second-order valence-electron chi connectivity index (χ2n) is 6.13. The van der Waals surface area contributed by atoms with Crippen LogP contribution in [0, 0.1) is 10.1 Å². The van der Waals surface area contributed by atoms with Crippen LogP contribution in [0.2, 0.25) is 0 Å². The summed E-state index contributed by atoms with van der Waals surface area (Å²) in [6.45, 7) is 4.09. The number of aryl methyl sites for hydroxylation is 2. The first-order chi connectivity index (χ1) is 10.1. The lowest BCUT2D eigenvalue weighted by molar-refractivity contribution is -0.384. The Kier molecular flexibility index (Phi) is 3.84. The van der Waals surface area contributed by atoms with E-state index in [1.165, 1.54) is 12.8 Å². The van der Waals surface area contributed by atoms with Crippen LogP contribution in [-0.4, -0.2) is 44.8 Å². The van der Waals surface area contributed by atoms with Gasteiger partial charge in [-0.15, -0.1) is 0 Å². The monoisotopic (exact) mass is 293 g/mol. The number of anilines is 1. The Hall–Kier alpha value is -1.63. The highest BCUT2D eigenvalue weighted by molar-refractivity contribution is 5.60. The summed E-state index contributed by atoms with van der Waals surface area (Å²) in [7, 11) is 1.78. The number of nitro groups is 1. The molecule has 1 aromatic heterocycles. The van der Waals surface area contributed by atoms with E-state index in [0.29, 0.717) is 17.9 Å². The summed E-state index contributed by atoms with van der Waals surface area (Å²) in [5, 5.41) is 19.1. The fourth-order valence-corrected chi connectivity index (χ4v) is 3.20. The maximum absolute atomic E-state index is 11.4. The van der Waals surface area contributed by atoms with Gasteiger partial charge in [0.1, 0.15) is 5.69 Å². The average Bonchev–Trinajstić information content (AvgIpc) is 3.10. The fourth-order valence-electron chi connectivity index (χ4n) is 3.20. The van der Waals surface area contributed by atoms with Crippen molar-refractivity contribution >= 4 is 11.5 Å². The molecule has 1 saturated heterocycles. The highest BCUT2D eigenvalue weighted by atomic mass is 16.6. The van der Waals surface area contributed by atoms with Gasteiger partial charge >= 0.3 is 5.69 Å². The number of hydrogen-bond donors (Lipinski definition) is 1. The predicted octanol–water partition coefficient (Wildman–Crippen LogP) is 1.93. The lowest BCUT2D eigenvalue weighted by Gasteiger charge is -2.16. The smallest absolute Gasteiger partial charge is 0.333 e. The molecule has 0 spiro atoms. The van der Waals surface area contributed by atoms with Gasteiger partial charge in [-0.25, -0.2) is 4.68 Å². The van der Waals surface area contributed by atoms with Crippen LogP contribution < -0.4 is 5.32 Å². The maximum Gasteiger partial charge on any atom is 0.333 e. The van der Waals surface area contributed by atoms with Gasteiger partial charge in [-0.2, -0.15) is 5.10 Å². The molecule has 1 saturated carbocycles. The lowest BCUT2D eigenvalue weighted by atomic mass is 10.2. The molecule has 2 aliphatic rings. The third kappa shape index (κ3) is 2.88. The van der Waals surface area contributed by atoms with Gasteiger partial charge in [-0.3, -0.25) is 15.0 Å². The Bertz CT molecular complexity index is 538. The zero-order chi connectivity index (χ0) is 15.0. The number of hydrogen-bond acceptors (Lipinski definition) is 5. The van der Waals surface area contributed by atoms with E-state index < -0.39 is 0 Å². The Morgan fingerprint density at radius 3 is 2.81 bits per heavy atom. The molecule has 0 bridgehead atoms. The van der Waals surface area contributed by atoms with Crippen LogP contribution in [0.1, 0.15) is 38.3 Å². The van der Waals surface area contributed by atoms with E-state index >= 15 is 0 Å². The molecule has 0 amide bonds. The van der Waals surface area contributed by atoms with Crippen molar-refractivity contribution in [3.05, 3.63) is 15.8 Å². The Balaban J connectivity index is 1.76. The largest absolute Gasteiger partial charge is 0.360 e. The van der Waals surface area contributed by atoms with E-state index in [9.17, 15) is 10.1 Å². The second kappa shape index (κ2) is 5.63. The molecule has 1 atom stereocenters. The van der Waals surface area contributed by atoms with Crippen LogP contribution >= 0.6 is 0 Å². The Labute approximate surface area is 124 Å². The van der Waals surface area contributed by atoms with Gasteiger partial charge < -0.3 is 5.32 Å². The van der Waals surface area contributed by atoms with Crippen molar-refractivity contribution in [2.24, 2.45) is 7.05 Å². The normalized spacial score (nSPS) is 22.7. The van der Waals surface area contributed by atoms with Crippen LogP contribution in [0.5, 0.6) is 0 Å². The maximum atomic E-state index is 11.4. The molecule has 2 heterocycles. The summed E-state index contributed by atoms with van der Waals surface area (Å²) < 4.78 is 1.63. The van der Waals surface area contributed by atoms with Crippen LogP contribution in [0.25, 0.3) is 0 Å². The van der Waals surface area contributed by atoms with E-state index in [2.05, 4.69) is 15.3 Å². The molecule has 1 aliphatic carbocycles. The van der Waals surface area contributed by atoms with Crippen molar-refractivity contribution in [3.8, 4) is 0 Å². The third-order valence-electron chi connectivity index (χ3n) is 4.39. The van der Waals surface area contributed by atoms with Gasteiger partial charge in [0.25, 0.3) is 0 Å². The molecule has 21 heavy (non-hydrogen) atoms. The molecule has 0 radical (unpaired) electrons. The molecule has 0 aromatic carbocycles. The minimum Gasteiger partial charge on any atom is -0.360 e. The minimum absolute atomic E-state index is 0.157. The zero-order valence-electron chi connectivity index (χ0n) is 12.7. The van der Waals surface area contributed by atoms with Crippen molar-refractivity contribution in [1.29, 1.82) is 0 Å². The number of nitrogens with zero attached hydrogens (tertiary/aromatic N) is 4. The molecule has 1 aliphatic heterocycles. The first-order valence-electron chi connectivity index (χ1n) is 7.81. The third-order valence-corrected chi connectivity index (χ3v) is 4.39. The molecule has 3 rings (SSSR count). The summed E-state index contributed by atoms with van der Waals surface area (Å²) in [6.07, 6.45) is 5.15. The van der Waals surface area contributed by atoms with Crippen LogP contribution in [0.3, 0.4) is 0 Å². The summed E-state index contributed by atoms with van der Waals surface area (Å²) in [6, 6.07) is 1.04. The Morgan fingerprint density at radius 2 is 2.19 bits per heavy atom. The van der Waals surface area contributed by atoms with Gasteiger partial charge in [0.05, 0.1) is 4.92 Å². The molecule has 1 unspecified atom stereocenters. The van der Waals surface area contributed by atoms with E-state index in [1.54, 1.807) is 11.7 Å². The molecule has 7 nitrogen and oxygen atoms in total. The van der Waals surface area contributed by atoms with Gasteiger partial charge in [-0.1, -0.05) is 13.3 Å². The number of likely N-dealkylation sites (tertiary alicyclic amines) is 1. The molecule has 1 aromatic rings.